The minimum absolute atomic E-state index is 0.244. The Morgan fingerprint density at radius 2 is 1.65 bits per heavy atom. The number of pyridine rings is 1. The maximum Gasteiger partial charge on any atom is 0.342 e. The number of anilines is 1. The summed E-state index contributed by atoms with van der Waals surface area (Å²) in [5.74, 6) is -4.98. The Morgan fingerprint density at radius 3 is 2.17 bits per heavy atom. The van der Waals surface area contributed by atoms with Gasteiger partial charge in [-0.25, -0.2) is 14.0 Å². The predicted molar refractivity (Wildman–Crippen MR) is 80.8 cm³/mol. The first-order chi connectivity index (χ1) is 10.7. The number of hydrogen-bond donors (Lipinski definition) is 4. The first-order valence-electron chi connectivity index (χ1n) is 5.83. The number of carbonyl (C=O) groups is 2. The van der Waals surface area contributed by atoms with Gasteiger partial charge in [0.2, 0.25) is 0 Å². The number of aromatic carboxylic acids is 2. The molecule has 10 heteroatoms. The molecule has 0 spiro atoms. The van der Waals surface area contributed by atoms with Crippen molar-refractivity contribution < 1.29 is 24.2 Å². The maximum atomic E-state index is 13.7. The van der Waals surface area contributed by atoms with Crippen LogP contribution >= 0.6 is 23.2 Å². The molecule has 0 bridgehead atoms. The third kappa shape index (κ3) is 2.73. The highest BCUT2D eigenvalue weighted by Gasteiger charge is 2.29. The Morgan fingerprint density at radius 1 is 1.09 bits per heavy atom. The summed E-state index contributed by atoms with van der Waals surface area (Å²) in [5.41, 5.74) is 1.45. The zero-order valence-electron chi connectivity index (χ0n) is 11.0. The average molecular weight is 361 g/mol. The van der Waals surface area contributed by atoms with Crippen molar-refractivity contribution in [3.05, 3.63) is 49.5 Å². The fraction of sp³-hybridized carbons (Fsp3) is 0. The second-order valence-electron chi connectivity index (χ2n) is 4.32. The summed E-state index contributed by atoms with van der Waals surface area (Å²) in [6.07, 6.45) is 0. The van der Waals surface area contributed by atoms with E-state index in [2.05, 4.69) is 0 Å². The fourth-order valence-electron chi connectivity index (χ4n) is 2.05. The predicted octanol–water partition coefficient (Wildman–Crippen LogP) is 2.47. The summed E-state index contributed by atoms with van der Waals surface area (Å²) in [6, 6.07) is 1.96. The van der Waals surface area contributed by atoms with Gasteiger partial charge in [0.1, 0.15) is 22.8 Å². The molecule has 0 radical (unpaired) electrons. The molecule has 0 saturated carbocycles. The Kier molecular flexibility index (Phi) is 4.31. The van der Waals surface area contributed by atoms with Gasteiger partial charge in [-0.3, -0.25) is 4.79 Å². The molecule has 0 aliphatic heterocycles. The van der Waals surface area contributed by atoms with Crippen molar-refractivity contribution in [3.8, 4) is 11.1 Å². The van der Waals surface area contributed by atoms with Gasteiger partial charge in [0.25, 0.3) is 5.56 Å². The van der Waals surface area contributed by atoms with E-state index in [4.69, 9.17) is 28.9 Å². The molecule has 0 aliphatic carbocycles. The van der Waals surface area contributed by atoms with Crippen LogP contribution < -0.4 is 11.3 Å². The smallest absolute Gasteiger partial charge is 0.342 e. The largest absolute Gasteiger partial charge is 0.478 e. The molecule has 23 heavy (non-hydrogen) atoms. The first kappa shape index (κ1) is 16.8. The molecule has 1 aromatic carbocycles. The molecule has 2 aromatic rings. The first-order valence-corrected chi connectivity index (χ1v) is 6.58. The van der Waals surface area contributed by atoms with Crippen LogP contribution in [-0.2, 0) is 0 Å². The maximum absolute atomic E-state index is 13.7. The Labute approximate surface area is 137 Å². The third-order valence-electron chi connectivity index (χ3n) is 2.97. The molecule has 0 fully saturated rings. The third-order valence-corrected chi connectivity index (χ3v) is 3.65. The van der Waals surface area contributed by atoms with Gasteiger partial charge in [-0.2, -0.15) is 0 Å². The van der Waals surface area contributed by atoms with Crippen molar-refractivity contribution >= 4 is 41.0 Å². The number of nitrogen functional groups attached to an aromatic ring is 1. The van der Waals surface area contributed by atoms with E-state index in [1.807, 2.05) is 4.98 Å². The van der Waals surface area contributed by atoms with Crippen molar-refractivity contribution in [2.75, 3.05) is 5.73 Å². The summed E-state index contributed by atoms with van der Waals surface area (Å²) in [7, 11) is 0. The van der Waals surface area contributed by atoms with Gasteiger partial charge in [-0.05, 0) is 12.1 Å². The molecule has 0 atom stereocenters. The topological polar surface area (TPSA) is 133 Å². The lowest BCUT2D eigenvalue weighted by molar-refractivity contribution is 0.0695. The average Bonchev–Trinajstić information content (AvgIpc) is 2.42. The summed E-state index contributed by atoms with van der Waals surface area (Å²) in [5, 5.41) is 17.6. The number of carboxylic acid groups (broad SMARTS) is 2. The lowest BCUT2D eigenvalue weighted by atomic mass is 9.95. The lowest BCUT2D eigenvalue weighted by Crippen LogP contribution is -2.24. The van der Waals surface area contributed by atoms with Crippen molar-refractivity contribution in [3.63, 3.8) is 0 Å². The van der Waals surface area contributed by atoms with E-state index in [1.54, 1.807) is 0 Å². The van der Waals surface area contributed by atoms with Crippen LogP contribution in [0.4, 0.5) is 10.2 Å². The Balaban J connectivity index is 3.14. The van der Waals surface area contributed by atoms with Crippen LogP contribution in [0.5, 0.6) is 0 Å². The van der Waals surface area contributed by atoms with Gasteiger partial charge in [0.15, 0.2) is 0 Å². The number of aromatic amines is 1. The number of benzene rings is 1. The quantitative estimate of drug-likeness (QED) is 0.621. The van der Waals surface area contributed by atoms with Crippen LogP contribution in [0.2, 0.25) is 10.0 Å². The van der Waals surface area contributed by atoms with E-state index in [9.17, 15) is 29.0 Å². The summed E-state index contributed by atoms with van der Waals surface area (Å²) >= 11 is 11.7. The second-order valence-corrected chi connectivity index (χ2v) is 5.11. The molecular formula is C13H7Cl2FN2O5. The highest BCUT2D eigenvalue weighted by molar-refractivity contribution is 6.40. The Hall–Kier alpha value is -2.58. The molecule has 0 saturated heterocycles. The Bertz CT molecular complexity index is 910. The van der Waals surface area contributed by atoms with E-state index < -0.39 is 56.4 Å². The number of rotatable bonds is 3. The monoisotopic (exact) mass is 360 g/mol. The molecule has 0 aliphatic rings. The molecular weight excluding hydrogens is 354 g/mol. The van der Waals surface area contributed by atoms with Crippen LogP contribution in [0.25, 0.3) is 11.1 Å². The highest BCUT2D eigenvalue weighted by Crippen LogP contribution is 2.40. The van der Waals surface area contributed by atoms with Crippen LogP contribution in [-0.4, -0.2) is 27.1 Å². The van der Waals surface area contributed by atoms with Crippen LogP contribution in [0.3, 0.4) is 0 Å². The van der Waals surface area contributed by atoms with E-state index >= 15 is 0 Å². The number of carboxylic acids is 2. The number of aromatic nitrogens is 1. The van der Waals surface area contributed by atoms with Gasteiger partial charge >= 0.3 is 11.9 Å². The number of hydrogen-bond acceptors (Lipinski definition) is 4. The molecule has 1 aromatic heterocycles. The van der Waals surface area contributed by atoms with Crippen molar-refractivity contribution in [1.29, 1.82) is 0 Å². The van der Waals surface area contributed by atoms with Gasteiger partial charge < -0.3 is 20.9 Å². The van der Waals surface area contributed by atoms with Gasteiger partial charge in [0.05, 0.1) is 10.0 Å². The van der Waals surface area contributed by atoms with E-state index in [-0.39, 0.29) is 5.02 Å². The van der Waals surface area contributed by atoms with E-state index in [0.717, 1.165) is 12.1 Å². The molecule has 120 valence electrons. The summed E-state index contributed by atoms with van der Waals surface area (Å²) < 4.78 is 13.7. The lowest BCUT2D eigenvalue weighted by Gasteiger charge is -2.14. The van der Waals surface area contributed by atoms with E-state index in [0.29, 0.717) is 0 Å². The molecule has 7 nitrogen and oxygen atoms in total. The van der Waals surface area contributed by atoms with Crippen molar-refractivity contribution in [1.82, 2.24) is 4.98 Å². The fourth-order valence-corrected chi connectivity index (χ4v) is 2.61. The van der Waals surface area contributed by atoms with Crippen LogP contribution in [0, 0.1) is 5.82 Å². The van der Waals surface area contributed by atoms with Gasteiger partial charge in [0, 0.05) is 11.1 Å². The second kappa shape index (κ2) is 5.90. The number of nitrogens with one attached hydrogen (secondary N) is 1. The summed E-state index contributed by atoms with van der Waals surface area (Å²) in [6.45, 7) is 0. The molecule has 0 unspecified atom stereocenters. The van der Waals surface area contributed by atoms with E-state index in [1.165, 1.54) is 0 Å². The number of halogens is 3. The molecule has 0 amide bonds. The van der Waals surface area contributed by atoms with Gasteiger partial charge in [-0.15, -0.1) is 0 Å². The number of nitrogens with two attached hydrogens (primary N) is 1. The highest BCUT2D eigenvalue weighted by atomic mass is 35.5. The molecule has 5 N–H and O–H groups in total. The van der Waals surface area contributed by atoms with Gasteiger partial charge in [-0.1, -0.05) is 23.2 Å². The minimum Gasteiger partial charge on any atom is -0.478 e. The normalized spacial score (nSPS) is 10.6. The number of H-pyrrole nitrogens is 1. The zero-order chi connectivity index (χ0) is 17.5. The van der Waals surface area contributed by atoms with Crippen molar-refractivity contribution in [2.24, 2.45) is 0 Å². The summed E-state index contributed by atoms with van der Waals surface area (Å²) in [4.78, 5) is 36.6. The molecule has 2 rings (SSSR count). The zero-order valence-corrected chi connectivity index (χ0v) is 12.5. The van der Waals surface area contributed by atoms with Crippen LogP contribution in [0.15, 0.2) is 16.9 Å². The van der Waals surface area contributed by atoms with Crippen LogP contribution in [0.1, 0.15) is 20.7 Å². The molecule has 1 heterocycles. The SMILES string of the molecule is Nc1[nH]c(=O)c(C(=O)O)c(-c2c(Cl)ccc(F)c2Cl)c1C(=O)O. The standard InChI is InChI=1S/C13H7Cl2FN2O5/c14-3-1-2-4(16)9(15)5(3)6-7(12(20)21)10(17)18-11(19)8(6)13(22)23/h1-2H,(H,20,21)(H,22,23)(H3,17,18,19). The van der Waals surface area contributed by atoms with Crippen molar-refractivity contribution in [2.45, 2.75) is 0 Å². The minimum atomic E-state index is -1.75.